The van der Waals surface area contributed by atoms with Crippen molar-refractivity contribution in [3.63, 3.8) is 0 Å². The van der Waals surface area contributed by atoms with Crippen molar-refractivity contribution in [3.8, 4) is 0 Å². The number of nitrogens with zero attached hydrogens (tertiary/aromatic N) is 1. The van der Waals surface area contributed by atoms with E-state index in [9.17, 15) is 0 Å². The molecule has 0 saturated heterocycles. The minimum absolute atomic E-state index is 0.00174. The predicted octanol–water partition coefficient (Wildman–Crippen LogP) is 1.12. The second-order valence-corrected chi connectivity index (χ2v) is 4.41. The van der Waals surface area contributed by atoms with Gasteiger partial charge in [-0.1, -0.05) is 0 Å². The summed E-state index contributed by atoms with van der Waals surface area (Å²) >= 11 is 0. The lowest BCUT2D eigenvalue weighted by Gasteiger charge is -2.33. The van der Waals surface area contributed by atoms with Gasteiger partial charge in [0.05, 0.1) is 21.1 Å². The minimum Gasteiger partial charge on any atom is -0.373 e. The maximum atomic E-state index is 5.30. The first-order chi connectivity index (χ1) is 4.27. The summed E-state index contributed by atoms with van der Waals surface area (Å²) in [5.41, 5.74) is -0.00174. The van der Waals surface area contributed by atoms with Gasteiger partial charge >= 0.3 is 0 Å². The van der Waals surface area contributed by atoms with Gasteiger partial charge < -0.3 is 9.22 Å². The Labute approximate surface area is 64.4 Å². The number of methoxy groups -OCH3 is 1. The Morgan fingerprint density at radius 1 is 1.20 bits per heavy atom. The summed E-state index contributed by atoms with van der Waals surface area (Å²) in [5, 5.41) is 0. The Morgan fingerprint density at radius 3 is 1.70 bits per heavy atom. The Kier molecular flexibility index (Phi) is 2.86. The quantitative estimate of drug-likeness (QED) is 0.542. The van der Waals surface area contributed by atoms with E-state index in [-0.39, 0.29) is 5.60 Å². The number of hydrogen-bond donors (Lipinski definition) is 0. The molecule has 0 bridgehead atoms. The second-order valence-electron chi connectivity index (χ2n) is 4.41. The van der Waals surface area contributed by atoms with Gasteiger partial charge in [-0.2, -0.15) is 0 Å². The molecule has 0 saturated carbocycles. The molecule has 62 valence electrons. The smallest absolute Gasteiger partial charge is 0.111 e. The zero-order valence-corrected chi connectivity index (χ0v) is 8.06. The zero-order valence-electron chi connectivity index (χ0n) is 8.06. The van der Waals surface area contributed by atoms with Gasteiger partial charge in [0, 0.05) is 7.11 Å². The summed E-state index contributed by atoms with van der Waals surface area (Å²) in [6, 6.07) is 0. The van der Waals surface area contributed by atoms with Crippen LogP contribution in [-0.2, 0) is 4.74 Å². The van der Waals surface area contributed by atoms with Crippen LogP contribution >= 0.6 is 0 Å². The van der Waals surface area contributed by atoms with E-state index in [0.717, 1.165) is 11.0 Å². The third-order valence-electron chi connectivity index (χ3n) is 1.41. The maximum Gasteiger partial charge on any atom is 0.111 e. The second kappa shape index (κ2) is 2.89. The molecule has 0 aliphatic rings. The molecule has 0 fully saturated rings. The molecule has 0 spiro atoms. The Bertz CT molecular complexity index is 102. The molecular weight excluding hydrogens is 126 g/mol. The summed E-state index contributed by atoms with van der Waals surface area (Å²) in [4.78, 5) is 0. The third kappa shape index (κ3) is 4.77. The van der Waals surface area contributed by atoms with E-state index in [0.29, 0.717) is 0 Å². The highest BCUT2D eigenvalue weighted by atomic mass is 16.5. The zero-order chi connectivity index (χ0) is 8.41. The fraction of sp³-hybridized carbons (Fsp3) is 1.00. The first-order valence-corrected chi connectivity index (χ1v) is 3.62. The molecule has 0 rings (SSSR count). The minimum atomic E-state index is -0.00174. The number of likely N-dealkylation sites (N-methyl/N-ethyl adjacent to an activating group) is 1. The highest BCUT2D eigenvalue weighted by Gasteiger charge is 2.24. The number of rotatable bonds is 3. The number of ether oxygens (including phenoxy) is 1. The highest BCUT2D eigenvalue weighted by Crippen LogP contribution is 2.10. The van der Waals surface area contributed by atoms with E-state index < -0.39 is 0 Å². The first-order valence-electron chi connectivity index (χ1n) is 3.62. The topological polar surface area (TPSA) is 9.23 Å². The molecule has 2 nitrogen and oxygen atoms in total. The monoisotopic (exact) mass is 146 g/mol. The van der Waals surface area contributed by atoms with E-state index in [1.807, 2.05) is 0 Å². The van der Waals surface area contributed by atoms with Crippen LogP contribution in [0.4, 0.5) is 0 Å². The van der Waals surface area contributed by atoms with Crippen LogP contribution in [0.5, 0.6) is 0 Å². The van der Waals surface area contributed by atoms with Crippen LogP contribution in [0.15, 0.2) is 0 Å². The van der Waals surface area contributed by atoms with Crippen molar-refractivity contribution in [3.05, 3.63) is 0 Å². The molecule has 0 heterocycles. The van der Waals surface area contributed by atoms with Crippen molar-refractivity contribution in [2.45, 2.75) is 19.4 Å². The molecule has 0 N–H and O–H groups in total. The third-order valence-corrected chi connectivity index (χ3v) is 1.41. The van der Waals surface area contributed by atoms with Crippen LogP contribution in [0.3, 0.4) is 0 Å². The fourth-order valence-electron chi connectivity index (χ4n) is 1.21. The molecule has 0 amide bonds. The Morgan fingerprint density at radius 2 is 1.60 bits per heavy atom. The van der Waals surface area contributed by atoms with Gasteiger partial charge in [0.2, 0.25) is 0 Å². The highest BCUT2D eigenvalue weighted by molar-refractivity contribution is 4.65. The molecule has 0 aromatic rings. The number of hydrogen-bond acceptors (Lipinski definition) is 1. The normalized spacial score (nSPS) is 13.8. The lowest BCUT2D eigenvalue weighted by Crippen LogP contribution is -2.47. The van der Waals surface area contributed by atoms with E-state index in [1.165, 1.54) is 0 Å². The average molecular weight is 146 g/mol. The average Bonchev–Trinajstić information content (AvgIpc) is 1.60. The van der Waals surface area contributed by atoms with Crippen molar-refractivity contribution in [1.29, 1.82) is 0 Å². The summed E-state index contributed by atoms with van der Waals surface area (Å²) in [7, 11) is 8.26. The molecule has 0 unspecified atom stereocenters. The van der Waals surface area contributed by atoms with E-state index in [1.54, 1.807) is 7.11 Å². The Hall–Kier alpha value is -0.0800. The summed E-state index contributed by atoms with van der Waals surface area (Å²) < 4.78 is 6.24. The molecule has 0 aromatic heterocycles. The van der Waals surface area contributed by atoms with Crippen molar-refractivity contribution in [2.75, 3.05) is 34.8 Å². The largest absolute Gasteiger partial charge is 0.373 e. The van der Waals surface area contributed by atoms with Gasteiger partial charge in [-0.15, -0.1) is 0 Å². The molecule has 0 radical (unpaired) electrons. The fourth-order valence-corrected chi connectivity index (χ4v) is 1.21. The van der Waals surface area contributed by atoms with Gasteiger partial charge in [0.1, 0.15) is 12.1 Å². The van der Waals surface area contributed by atoms with Crippen LogP contribution in [0.2, 0.25) is 0 Å². The van der Waals surface area contributed by atoms with Crippen LogP contribution in [-0.4, -0.2) is 44.9 Å². The summed E-state index contributed by atoms with van der Waals surface area (Å²) in [6.45, 7) is 5.25. The van der Waals surface area contributed by atoms with Crippen LogP contribution in [0, 0.1) is 0 Å². The van der Waals surface area contributed by atoms with Crippen LogP contribution in [0.25, 0.3) is 0 Å². The van der Waals surface area contributed by atoms with Crippen molar-refractivity contribution in [2.24, 2.45) is 0 Å². The summed E-state index contributed by atoms with van der Waals surface area (Å²) in [6.07, 6.45) is 0. The van der Waals surface area contributed by atoms with Crippen LogP contribution in [0.1, 0.15) is 13.8 Å². The molecule has 0 aromatic carbocycles. The lowest BCUT2D eigenvalue weighted by molar-refractivity contribution is -0.876. The molecular formula is C8H20NO+. The first kappa shape index (κ1) is 9.92. The standard InChI is InChI=1S/C8H20NO/c1-8(2,10-6)7-9(3,4)5/h7H2,1-6H3/q+1. The SMILES string of the molecule is COC(C)(C)C[N+](C)(C)C. The van der Waals surface area contributed by atoms with Gasteiger partial charge in [-0.25, -0.2) is 0 Å². The molecule has 10 heavy (non-hydrogen) atoms. The van der Waals surface area contributed by atoms with Crippen molar-refractivity contribution < 1.29 is 9.22 Å². The maximum absolute atomic E-state index is 5.30. The number of quaternary nitrogens is 1. The Balaban J connectivity index is 3.89. The van der Waals surface area contributed by atoms with Gasteiger partial charge in [-0.05, 0) is 13.8 Å². The predicted molar refractivity (Wildman–Crippen MR) is 44.0 cm³/mol. The lowest BCUT2D eigenvalue weighted by atomic mass is 10.1. The van der Waals surface area contributed by atoms with Crippen molar-refractivity contribution >= 4 is 0 Å². The van der Waals surface area contributed by atoms with Gasteiger partial charge in [0.25, 0.3) is 0 Å². The molecule has 0 atom stereocenters. The van der Waals surface area contributed by atoms with E-state index in [4.69, 9.17) is 4.74 Å². The van der Waals surface area contributed by atoms with Gasteiger partial charge in [-0.3, -0.25) is 0 Å². The van der Waals surface area contributed by atoms with Gasteiger partial charge in [0.15, 0.2) is 0 Å². The summed E-state index contributed by atoms with van der Waals surface area (Å²) in [5.74, 6) is 0. The molecule has 0 aliphatic heterocycles. The molecule has 2 heteroatoms. The molecule has 0 aliphatic carbocycles. The van der Waals surface area contributed by atoms with E-state index >= 15 is 0 Å². The van der Waals surface area contributed by atoms with E-state index in [2.05, 4.69) is 35.0 Å². The van der Waals surface area contributed by atoms with Crippen LogP contribution < -0.4 is 0 Å². The van der Waals surface area contributed by atoms with Crippen molar-refractivity contribution in [1.82, 2.24) is 0 Å².